The molecule has 2 atom stereocenters. The smallest absolute Gasteiger partial charge is 0.0999 e. The Labute approximate surface area is 97.2 Å². The molecule has 0 bridgehead atoms. The number of hydrogen-bond acceptors (Lipinski definition) is 2. The highest BCUT2D eigenvalue weighted by atomic mass is 16.3. The molecule has 0 aromatic heterocycles. The third-order valence-electron chi connectivity index (χ3n) is 2.74. The summed E-state index contributed by atoms with van der Waals surface area (Å²) in [7, 11) is 0. The van der Waals surface area contributed by atoms with E-state index in [0.29, 0.717) is 12.0 Å². The van der Waals surface area contributed by atoms with Crippen LogP contribution < -0.4 is 0 Å². The van der Waals surface area contributed by atoms with Crippen molar-refractivity contribution in [3.63, 3.8) is 0 Å². The molecule has 16 heavy (non-hydrogen) atoms. The van der Waals surface area contributed by atoms with Gasteiger partial charge in [-0.2, -0.15) is 0 Å². The molecule has 2 N–H and O–H groups in total. The number of hydrogen-bond donors (Lipinski definition) is 2. The van der Waals surface area contributed by atoms with Crippen molar-refractivity contribution in [1.82, 2.24) is 0 Å². The van der Waals surface area contributed by atoms with Gasteiger partial charge in [-0.25, -0.2) is 0 Å². The normalized spacial score (nSPS) is 14.8. The van der Waals surface area contributed by atoms with E-state index in [1.54, 1.807) is 0 Å². The number of benzene rings is 1. The summed E-state index contributed by atoms with van der Waals surface area (Å²) in [4.78, 5) is 0. The first-order chi connectivity index (χ1) is 7.52. The van der Waals surface area contributed by atoms with Crippen molar-refractivity contribution in [2.45, 2.75) is 32.5 Å². The van der Waals surface area contributed by atoms with Crippen LogP contribution in [0.1, 0.15) is 31.9 Å². The second-order valence-corrected chi connectivity index (χ2v) is 4.49. The van der Waals surface area contributed by atoms with Gasteiger partial charge in [0.2, 0.25) is 0 Å². The Morgan fingerprint density at radius 2 is 1.75 bits per heavy atom. The lowest BCUT2D eigenvalue weighted by Gasteiger charge is -2.19. The van der Waals surface area contributed by atoms with Gasteiger partial charge in [-0.3, -0.25) is 0 Å². The predicted molar refractivity (Wildman–Crippen MR) is 66.0 cm³/mol. The minimum Gasteiger partial charge on any atom is -0.393 e. The Bertz CT molecular complexity index is 330. The molecular weight excluding hydrogens is 200 g/mol. The van der Waals surface area contributed by atoms with Gasteiger partial charge >= 0.3 is 0 Å². The Balaban J connectivity index is 2.62. The fraction of sp³-hybridized carbons (Fsp3) is 0.429. The summed E-state index contributed by atoms with van der Waals surface area (Å²) in [5.41, 5.74) is 1.48. The van der Waals surface area contributed by atoms with Gasteiger partial charge in [0.1, 0.15) is 0 Å². The molecule has 88 valence electrons. The minimum atomic E-state index is -0.686. The molecule has 0 heterocycles. The lowest BCUT2D eigenvalue weighted by atomic mass is 9.94. The van der Waals surface area contributed by atoms with E-state index >= 15 is 0 Å². The molecule has 0 amide bonds. The second kappa shape index (κ2) is 5.83. The van der Waals surface area contributed by atoms with E-state index in [2.05, 4.69) is 6.58 Å². The Morgan fingerprint density at radius 1 is 1.19 bits per heavy atom. The van der Waals surface area contributed by atoms with Crippen LogP contribution in [-0.4, -0.2) is 16.3 Å². The molecular formula is C14H20O2. The number of aliphatic hydroxyl groups excluding tert-OH is 2. The molecule has 0 aliphatic rings. The van der Waals surface area contributed by atoms with E-state index in [1.165, 1.54) is 0 Å². The largest absolute Gasteiger partial charge is 0.393 e. The molecule has 0 radical (unpaired) electrons. The van der Waals surface area contributed by atoms with Crippen molar-refractivity contribution in [3.05, 3.63) is 48.0 Å². The Hall–Kier alpha value is -1.12. The molecule has 1 aromatic carbocycles. The van der Waals surface area contributed by atoms with E-state index in [-0.39, 0.29) is 5.92 Å². The topological polar surface area (TPSA) is 40.5 Å². The van der Waals surface area contributed by atoms with Gasteiger partial charge in [0.15, 0.2) is 0 Å². The minimum absolute atomic E-state index is 0.180. The quantitative estimate of drug-likeness (QED) is 0.749. The highest BCUT2D eigenvalue weighted by Gasteiger charge is 2.16. The second-order valence-electron chi connectivity index (χ2n) is 4.49. The molecule has 1 rings (SSSR count). The molecule has 0 aliphatic carbocycles. The molecule has 0 aliphatic heterocycles. The predicted octanol–water partition coefficient (Wildman–Crippen LogP) is 2.68. The van der Waals surface area contributed by atoms with Gasteiger partial charge < -0.3 is 10.2 Å². The highest BCUT2D eigenvalue weighted by molar-refractivity contribution is 5.24. The summed E-state index contributed by atoms with van der Waals surface area (Å²) >= 11 is 0. The summed E-state index contributed by atoms with van der Waals surface area (Å²) < 4.78 is 0. The van der Waals surface area contributed by atoms with Crippen molar-refractivity contribution >= 4 is 0 Å². The van der Waals surface area contributed by atoms with Crippen LogP contribution in [0.4, 0.5) is 0 Å². The third-order valence-corrected chi connectivity index (χ3v) is 2.74. The highest BCUT2D eigenvalue weighted by Crippen LogP contribution is 2.24. The number of aliphatic hydroxyl groups is 2. The first kappa shape index (κ1) is 12.9. The Morgan fingerprint density at radius 3 is 2.25 bits per heavy atom. The summed E-state index contributed by atoms with van der Waals surface area (Å²) in [5, 5.41) is 19.7. The van der Waals surface area contributed by atoms with Gasteiger partial charge in [-0.1, -0.05) is 50.8 Å². The van der Waals surface area contributed by atoms with Crippen LogP contribution in [0.3, 0.4) is 0 Å². The van der Waals surface area contributed by atoms with Gasteiger partial charge in [-0.05, 0) is 23.5 Å². The van der Waals surface area contributed by atoms with Crippen LogP contribution in [0.15, 0.2) is 42.5 Å². The zero-order valence-corrected chi connectivity index (χ0v) is 9.93. The van der Waals surface area contributed by atoms with E-state index in [1.807, 2.05) is 44.2 Å². The average Bonchev–Trinajstić information content (AvgIpc) is 2.28. The lowest BCUT2D eigenvalue weighted by molar-refractivity contribution is 0.113. The van der Waals surface area contributed by atoms with Gasteiger partial charge in [-0.15, -0.1) is 0 Å². The van der Waals surface area contributed by atoms with Gasteiger partial charge in [0.25, 0.3) is 0 Å². The molecule has 0 saturated heterocycles. The molecule has 0 unspecified atom stereocenters. The van der Waals surface area contributed by atoms with Gasteiger partial charge in [0, 0.05) is 0 Å². The number of rotatable bonds is 5. The molecule has 0 spiro atoms. The average molecular weight is 220 g/mol. The van der Waals surface area contributed by atoms with Crippen LogP contribution in [0, 0.1) is 5.92 Å². The molecule has 2 heteroatoms. The lowest BCUT2D eigenvalue weighted by Crippen LogP contribution is -2.17. The van der Waals surface area contributed by atoms with E-state index in [9.17, 15) is 10.2 Å². The van der Waals surface area contributed by atoms with Crippen molar-refractivity contribution < 1.29 is 10.2 Å². The fourth-order valence-electron chi connectivity index (χ4n) is 1.49. The van der Waals surface area contributed by atoms with Crippen molar-refractivity contribution in [1.29, 1.82) is 0 Å². The molecule has 0 saturated carbocycles. The van der Waals surface area contributed by atoms with Crippen molar-refractivity contribution in [2.75, 3.05) is 0 Å². The fourth-order valence-corrected chi connectivity index (χ4v) is 1.49. The monoisotopic (exact) mass is 220 g/mol. The van der Waals surface area contributed by atoms with Crippen LogP contribution in [0.5, 0.6) is 0 Å². The van der Waals surface area contributed by atoms with E-state index in [4.69, 9.17) is 0 Å². The molecule has 2 nitrogen and oxygen atoms in total. The zero-order valence-electron chi connectivity index (χ0n) is 9.93. The molecule has 1 aromatic rings. The zero-order chi connectivity index (χ0) is 12.1. The summed E-state index contributed by atoms with van der Waals surface area (Å²) in [6.45, 7) is 7.75. The van der Waals surface area contributed by atoms with E-state index < -0.39 is 12.2 Å². The SMILES string of the molecule is C=C(C[C@H](O)C(C)C)[C@H](O)c1ccccc1. The van der Waals surface area contributed by atoms with Gasteiger partial charge in [0.05, 0.1) is 12.2 Å². The summed E-state index contributed by atoms with van der Waals surface area (Å²) in [5.74, 6) is 0.180. The van der Waals surface area contributed by atoms with Crippen molar-refractivity contribution in [2.24, 2.45) is 5.92 Å². The van der Waals surface area contributed by atoms with Crippen molar-refractivity contribution in [3.8, 4) is 0 Å². The Kier molecular flexibility index (Phi) is 4.71. The molecule has 0 fully saturated rings. The van der Waals surface area contributed by atoms with Crippen LogP contribution in [0.2, 0.25) is 0 Å². The maximum absolute atomic E-state index is 10.0. The summed E-state index contributed by atoms with van der Waals surface area (Å²) in [6.07, 6.45) is -0.686. The maximum Gasteiger partial charge on any atom is 0.0999 e. The van der Waals surface area contributed by atoms with Crippen LogP contribution in [-0.2, 0) is 0 Å². The standard InChI is InChI=1S/C14H20O2/c1-10(2)13(15)9-11(3)14(16)12-7-5-4-6-8-12/h4-8,10,13-16H,3,9H2,1-2H3/t13-,14-/m0/s1. The summed E-state index contributed by atoms with van der Waals surface area (Å²) in [6, 6.07) is 9.38. The first-order valence-electron chi connectivity index (χ1n) is 5.61. The van der Waals surface area contributed by atoms with Crippen LogP contribution in [0.25, 0.3) is 0 Å². The maximum atomic E-state index is 10.0. The third kappa shape index (κ3) is 3.47. The first-order valence-corrected chi connectivity index (χ1v) is 5.61. The van der Waals surface area contributed by atoms with E-state index in [0.717, 1.165) is 5.56 Å². The van der Waals surface area contributed by atoms with Crippen LogP contribution >= 0.6 is 0 Å².